The van der Waals surface area contributed by atoms with E-state index in [4.69, 9.17) is 9.47 Å². The van der Waals surface area contributed by atoms with Gasteiger partial charge in [-0.1, -0.05) is 0 Å². The molecule has 0 radical (unpaired) electrons. The maximum Gasteiger partial charge on any atom is 0.410 e. The van der Waals surface area contributed by atoms with Crippen LogP contribution in [0.3, 0.4) is 0 Å². The summed E-state index contributed by atoms with van der Waals surface area (Å²) in [5.41, 5.74) is 1.36. The second kappa shape index (κ2) is 8.23. The molecule has 1 aromatic carbocycles. The maximum absolute atomic E-state index is 12.5. The Balaban J connectivity index is 2.14. The van der Waals surface area contributed by atoms with E-state index < -0.39 is 11.2 Å². The first-order chi connectivity index (χ1) is 12.8. The Hall–Kier alpha value is -1.89. The van der Waals surface area contributed by atoms with E-state index in [1.165, 1.54) is 0 Å². The van der Waals surface area contributed by atoms with Crippen molar-refractivity contribution in [2.45, 2.75) is 64.6 Å². The van der Waals surface area contributed by atoms with Crippen molar-refractivity contribution < 1.29 is 19.1 Å². The van der Waals surface area contributed by atoms with Crippen molar-refractivity contribution in [3.63, 3.8) is 0 Å². The lowest BCUT2D eigenvalue weighted by Gasteiger charge is -2.37. The predicted octanol–water partition coefficient (Wildman–Crippen LogP) is 4.30. The molecule has 156 valence electrons. The molecule has 1 amide bonds. The Morgan fingerprint density at radius 1 is 0.929 bits per heavy atom. The van der Waals surface area contributed by atoms with E-state index in [0.717, 1.165) is 16.1 Å². The number of benzene rings is 1. The number of thiol groups is 1. The van der Waals surface area contributed by atoms with Gasteiger partial charge in [-0.15, -0.1) is 12.6 Å². The van der Waals surface area contributed by atoms with Crippen LogP contribution in [-0.4, -0.2) is 54.3 Å². The standard InChI is InChI=1S/C21H32N2O4S/c1-14-16(12-15(13-17(14)28)18(24)26-20(2,3)4)22-8-10-23(11-9-22)19(25)27-21(5,6)7/h12-13,28H,8-11H2,1-7H3. The average molecular weight is 409 g/mol. The molecule has 1 fully saturated rings. The van der Waals surface area contributed by atoms with Gasteiger partial charge in [0, 0.05) is 36.8 Å². The van der Waals surface area contributed by atoms with Crippen molar-refractivity contribution in [1.29, 1.82) is 0 Å². The molecule has 2 rings (SSSR count). The summed E-state index contributed by atoms with van der Waals surface area (Å²) in [6.07, 6.45) is -0.290. The minimum atomic E-state index is -0.558. The second-order valence-corrected chi connectivity index (χ2v) is 9.58. The highest BCUT2D eigenvalue weighted by molar-refractivity contribution is 7.80. The van der Waals surface area contributed by atoms with Gasteiger partial charge in [-0.05, 0) is 66.2 Å². The molecule has 0 bridgehead atoms. The van der Waals surface area contributed by atoms with Crippen LogP contribution in [0.2, 0.25) is 0 Å². The number of carbonyl (C=O) groups is 2. The number of rotatable bonds is 2. The number of carbonyl (C=O) groups excluding carboxylic acids is 2. The minimum Gasteiger partial charge on any atom is -0.456 e. The predicted molar refractivity (Wildman–Crippen MR) is 114 cm³/mol. The highest BCUT2D eigenvalue weighted by Gasteiger charge is 2.27. The lowest BCUT2D eigenvalue weighted by molar-refractivity contribution is 0.00687. The molecule has 0 unspecified atom stereocenters. The van der Waals surface area contributed by atoms with Gasteiger partial charge in [-0.2, -0.15) is 0 Å². The second-order valence-electron chi connectivity index (χ2n) is 9.10. The molecule has 0 N–H and O–H groups in total. The van der Waals surface area contributed by atoms with Gasteiger partial charge in [0.25, 0.3) is 0 Å². The third-order valence-corrected chi connectivity index (χ3v) is 4.72. The van der Waals surface area contributed by atoms with E-state index in [9.17, 15) is 9.59 Å². The first-order valence-electron chi connectivity index (χ1n) is 9.57. The normalized spacial score (nSPS) is 15.4. The zero-order chi connectivity index (χ0) is 21.3. The molecule has 0 aliphatic carbocycles. The van der Waals surface area contributed by atoms with Crippen LogP contribution < -0.4 is 4.90 Å². The summed E-state index contributed by atoms with van der Waals surface area (Å²) in [6.45, 7) is 15.5. The van der Waals surface area contributed by atoms with Crippen LogP contribution in [0, 0.1) is 6.92 Å². The monoisotopic (exact) mass is 408 g/mol. The highest BCUT2D eigenvalue weighted by Crippen LogP contribution is 2.30. The summed E-state index contributed by atoms with van der Waals surface area (Å²) in [5, 5.41) is 0. The van der Waals surface area contributed by atoms with Gasteiger partial charge in [0.15, 0.2) is 0 Å². The van der Waals surface area contributed by atoms with E-state index in [1.54, 1.807) is 11.0 Å². The summed E-state index contributed by atoms with van der Waals surface area (Å²) < 4.78 is 10.9. The fourth-order valence-corrected chi connectivity index (χ4v) is 3.18. The fraction of sp³-hybridized carbons (Fsp3) is 0.619. The number of ether oxygens (including phenoxy) is 2. The summed E-state index contributed by atoms with van der Waals surface area (Å²) in [7, 11) is 0. The molecule has 7 heteroatoms. The smallest absolute Gasteiger partial charge is 0.410 e. The number of esters is 1. The van der Waals surface area contributed by atoms with Crippen LogP contribution in [0.25, 0.3) is 0 Å². The molecule has 1 aromatic rings. The van der Waals surface area contributed by atoms with Crippen LogP contribution >= 0.6 is 12.6 Å². The number of piperazine rings is 1. The number of anilines is 1. The summed E-state index contributed by atoms with van der Waals surface area (Å²) in [6, 6.07) is 3.60. The van der Waals surface area contributed by atoms with E-state index in [2.05, 4.69) is 17.5 Å². The first kappa shape index (κ1) is 22.4. The van der Waals surface area contributed by atoms with Crippen LogP contribution in [-0.2, 0) is 9.47 Å². The molecule has 1 heterocycles. The quantitative estimate of drug-likeness (QED) is 0.584. The molecule has 0 spiro atoms. The molecule has 0 aromatic heterocycles. The van der Waals surface area contributed by atoms with Crippen molar-refractivity contribution in [3.8, 4) is 0 Å². The molecule has 1 aliphatic rings. The number of nitrogens with zero attached hydrogens (tertiary/aromatic N) is 2. The van der Waals surface area contributed by atoms with Gasteiger partial charge in [0.05, 0.1) is 5.56 Å². The van der Waals surface area contributed by atoms with Gasteiger partial charge in [0.1, 0.15) is 11.2 Å². The lowest BCUT2D eigenvalue weighted by atomic mass is 10.1. The topological polar surface area (TPSA) is 59.1 Å². The molecule has 6 nitrogen and oxygen atoms in total. The molecule has 0 saturated carbocycles. The van der Waals surface area contributed by atoms with Gasteiger partial charge in [-0.3, -0.25) is 0 Å². The van der Waals surface area contributed by atoms with Crippen molar-refractivity contribution >= 4 is 30.4 Å². The van der Waals surface area contributed by atoms with Crippen molar-refractivity contribution in [1.82, 2.24) is 4.90 Å². The third-order valence-electron chi connectivity index (χ3n) is 4.26. The summed E-state index contributed by atoms with van der Waals surface area (Å²) >= 11 is 4.54. The fourth-order valence-electron chi connectivity index (χ4n) is 2.92. The van der Waals surface area contributed by atoms with Crippen molar-refractivity contribution in [3.05, 3.63) is 23.3 Å². The average Bonchev–Trinajstić information content (AvgIpc) is 2.54. The Labute approximate surface area is 173 Å². The summed E-state index contributed by atoms with van der Waals surface area (Å²) in [4.78, 5) is 29.4. The lowest BCUT2D eigenvalue weighted by Crippen LogP contribution is -2.50. The molecule has 28 heavy (non-hydrogen) atoms. The van der Waals surface area contributed by atoms with Gasteiger partial charge < -0.3 is 19.3 Å². The maximum atomic E-state index is 12.5. The molecular weight excluding hydrogens is 376 g/mol. The first-order valence-corrected chi connectivity index (χ1v) is 10.0. The zero-order valence-corrected chi connectivity index (χ0v) is 18.9. The molecule has 0 atom stereocenters. The third kappa shape index (κ3) is 6.06. The van der Waals surface area contributed by atoms with E-state index in [-0.39, 0.29) is 12.1 Å². The Bertz CT molecular complexity index is 742. The zero-order valence-electron chi connectivity index (χ0n) is 18.0. The van der Waals surface area contributed by atoms with E-state index >= 15 is 0 Å². The Morgan fingerprint density at radius 2 is 1.46 bits per heavy atom. The van der Waals surface area contributed by atoms with Gasteiger partial charge in [-0.25, -0.2) is 9.59 Å². The highest BCUT2D eigenvalue weighted by atomic mass is 32.1. The van der Waals surface area contributed by atoms with Crippen LogP contribution in [0.5, 0.6) is 0 Å². The summed E-state index contributed by atoms with van der Waals surface area (Å²) in [5.74, 6) is -0.364. The minimum absolute atomic E-state index is 0.290. The van der Waals surface area contributed by atoms with E-state index in [0.29, 0.717) is 31.7 Å². The Morgan fingerprint density at radius 3 is 1.96 bits per heavy atom. The number of amides is 1. The number of hydrogen-bond acceptors (Lipinski definition) is 6. The molecule has 1 aliphatic heterocycles. The van der Waals surface area contributed by atoms with Crippen LogP contribution in [0.15, 0.2) is 17.0 Å². The van der Waals surface area contributed by atoms with Crippen LogP contribution in [0.1, 0.15) is 57.5 Å². The van der Waals surface area contributed by atoms with Crippen molar-refractivity contribution in [2.75, 3.05) is 31.1 Å². The van der Waals surface area contributed by atoms with E-state index in [1.807, 2.05) is 54.5 Å². The van der Waals surface area contributed by atoms with Gasteiger partial charge in [0.2, 0.25) is 0 Å². The Kier molecular flexibility index (Phi) is 6.58. The van der Waals surface area contributed by atoms with Crippen LogP contribution in [0.4, 0.5) is 10.5 Å². The van der Waals surface area contributed by atoms with Crippen molar-refractivity contribution in [2.24, 2.45) is 0 Å². The number of hydrogen-bond donors (Lipinski definition) is 1. The molecular formula is C21H32N2O4S. The SMILES string of the molecule is Cc1c(S)cc(C(=O)OC(C)(C)C)cc1N1CCN(C(=O)OC(C)(C)C)CC1. The molecule has 1 saturated heterocycles. The largest absolute Gasteiger partial charge is 0.456 e. The van der Waals surface area contributed by atoms with Gasteiger partial charge >= 0.3 is 12.1 Å².